The fourth-order valence-electron chi connectivity index (χ4n) is 1.01. The molecule has 0 aromatic heterocycles. The first kappa shape index (κ1) is 6.91. The van der Waals surface area contributed by atoms with Crippen molar-refractivity contribution in [3.8, 4) is 5.75 Å². The molecule has 4 heteroatoms. The molecule has 0 amide bonds. The summed E-state index contributed by atoms with van der Waals surface area (Å²) in [7, 11) is 0. The van der Waals surface area contributed by atoms with Gasteiger partial charge in [0.2, 0.25) is 0 Å². The van der Waals surface area contributed by atoms with Crippen LogP contribution in [-0.4, -0.2) is 5.11 Å². The van der Waals surface area contributed by atoms with Crippen molar-refractivity contribution in [1.29, 1.82) is 0 Å². The van der Waals surface area contributed by atoms with Crippen LogP contribution in [0.25, 0.3) is 0 Å². The Morgan fingerprint density at radius 1 is 1.55 bits per heavy atom. The largest absolute Gasteiger partial charge is 0.405 e. The fraction of sp³-hybridized carbons (Fsp3) is 0.143. The number of aliphatic hydroxyl groups excluding tert-OH is 1. The van der Waals surface area contributed by atoms with Crippen molar-refractivity contribution in [2.24, 2.45) is 0 Å². The summed E-state index contributed by atoms with van der Waals surface area (Å²) in [6, 6.07) is 5.09. The molecule has 0 saturated heterocycles. The molecule has 0 radical (unpaired) electrons. The van der Waals surface area contributed by atoms with E-state index < -0.39 is 6.23 Å². The number of benzene rings is 1. The third-order valence-electron chi connectivity index (χ3n) is 1.55. The van der Waals surface area contributed by atoms with Gasteiger partial charge in [0.15, 0.2) is 12.0 Å². The molecule has 0 saturated carbocycles. The molecule has 1 heterocycles. The summed E-state index contributed by atoms with van der Waals surface area (Å²) >= 11 is 5.69. The van der Waals surface area contributed by atoms with E-state index in [1.54, 1.807) is 18.2 Å². The molecule has 0 spiro atoms. The average molecular weight is 172 g/mol. The summed E-state index contributed by atoms with van der Waals surface area (Å²) < 4.78 is 0. The standard InChI is InChI=1S/C7H6ClNO2/c8-4-1-2-6-5(3-4)7(10)9-11-6/h1-3,7,9-10H. The van der Waals surface area contributed by atoms with Gasteiger partial charge in [0.25, 0.3) is 0 Å². The summed E-state index contributed by atoms with van der Waals surface area (Å²) in [5.74, 6) is 0.627. The van der Waals surface area contributed by atoms with Crippen LogP contribution in [0, 0.1) is 0 Å². The van der Waals surface area contributed by atoms with Crippen LogP contribution in [0.4, 0.5) is 0 Å². The number of halogens is 1. The Morgan fingerprint density at radius 3 is 3.18 bits per heavy atom. The number of fused-ring (bicyclic) bond motifs is 1. The van der Waals surface area contributed by atoms with Crippen molar-refractivity contribution in [1.82, 2.24) is 5.48 Å². The van der Waals surface area contributed by atoms with Gasteiger partial charge in [-0.3, -0.25) is 0 Å². The van der Waals surface area contributed by atoms with Gasteiger partial charge in [-0.15, -0.1) is 5.48 Å². The Hall–Kier alpha value is -0.770. The van der Waals surface area contributed by atoms with Crippen molar-refractivity contribution >= 4 is 11.6 Å². The van der Waals surface area contributed by atoms with Crippen LogP contribution < -0.4 is 10.3 Å². The van der Waals surface area contributed by atoms with Crippen LogP contribution in [-0.2, 0) is 0 Å². The van der Waals surface area contributed by atoms with Crippen LogP contribution in [0.3, 0.4) is 0 Å². The SMILES string of the molecule is OC1NOc2ccc(Cl)cc21. The third kappa shape index (κ3) is 1.07. The second kappa shape index (κ2) is 2.37. The summed E-state index contributed by atoms with van der Waals surface area (Å²) in [6.45, 7) is 0. The maximum Gasteiger partial charge on any atom is 0.166 e. The van der Waals surface area contributed by atoms with Gasteiger partial charge in [-0.1, -0.05) is 11.6 Å². The quantitative estimate of drug-likeness (QED) is 0.617. The molecule has 3 nitrogen and oxygen atoms in total. The Balaban J connectivity index is 2.52. The lowest BCUT2D eigenvalue weighted by Crippen LogP contribution is -2.15. The van der Waals surface area contributed by atoms with Crippen molar-refractivity contribution < 1.29 is 9.94 Å². The summed E-state index contributed by atoms with van der Waals surface area (Å²) in [6.07, 6.45) is -0.760. The van der Waals surface area contributed by atoms with E-state index in [1.165, 1.54) is 0 Å². The number of hydrogen-bond acceptors (Lipinski definition) is 3. The van der Waals surface area contributed by atoms with Gasteiger partial charge in [0.1, 0.15) is 0 Å². The zero-order chi connectivity index (χ0) is 7.84. The van der Waals surface area contributed by atoms with Gasteiger partial charge in [0, 0.05) is 10.6 Å². The zero-order valence-electron chi connectivity index (χ0n) is 5.54. The lowest BCUT2D eigenvalue weighted by atomic mass is 10.2. The number of hydrogen-bond donors (Lipinski definition) is 2. The van der Waals surface area contributed by atoms with E-state index in [2.05, 4.69) is 5.48 Å². The van der Waals surface area contributed by atoms with E-state index in [4.69, 9.17) is 16.4 Å². The molecule has 1 aliphatic rings. The normalized spacial score (nSPS) is 21.1. The highest BCUT2D eigenvalue weighted by Crippen LogP contribution is 2.30. The molecular weight excluding hydrogens is 166 g/mol. The first-order valence-electron chi connectivity index (χ1n) is 3.17. The first-order chi connectivity index (χ1) is 5.27. The van der Waals surface area contributed by atoms with Crippen LogP contribution in [0.2, 0.25) is 5.02 Å². The predicted molar refractivity (Wildman–Crippen MR) is 40.2 cm³/mol. The molecule has 2 rings (SSSR count). The minimum absolute atomic E-state index is 0.593. The molecule has 1 aromatic carbocycles. The number of nitrogens with one attached hydrogen (secondary N) is 1. The third-order valence-corrected chi connectivity index (χ3v) is 1.78. The molecule has 58 valence electrons. The van der Waals surface area contributed by atoms with Crippen molar-refractivity contribution in [2.45, 2.75) is 6.23 Å². The summed E-state index contributed by atoms with van der Waals surface area (Å²) in [5.41, 5.74) is 3.09. The second-order valence-electron chi connectivity index (χ2n) is 2.30. The molecule has 0 aliphatic carbocycles. The lowest BCUT2D eigenvalue weighted by Gasteiger charge is -1.97. The van der Waals surface area contributed by atoms with Crippen molar-refractivity contribution in [3.05, 3.63) is 28.8 Å². The molecule has 1 atom stereocenters. The average Bonchev–Trinajstić information content (AvgIpc) is 2.33. The highest BCUT2D eigenvalue weighted by Gasteiger charge is 2.21. The summed E-state index contributed by atoms with van der Waals surface area (Å²) in [4.78, 5) is 4.91. The Labute approximate surface area is 68.5 Å². The van der Waals surface area contributed by atoms with Crippen molar-refractivity contribution in [3.63, 3.8) is 0 Å². The van der Waals surface area contributed by atoms with Crippen LogP contribution in [0.5, 0.6) is 5.75 Å². The minimum Gasteiger partial charge on any atom is -0.405 e. The minimum atomic E-state index is -0.760. The monoisotopic (exact) mass is 171 g/mol. The molecule has 1 unspecified atom stereocenters. The Morgan fingerprint density at radius 2 is 2.36 bits per heavy atom. The maximum atomic E-state index is 9.21. The number of aliphatic hydroxyl groups is 1. The van der Waals surface area contributed by atoms with Gasteiger partial charge in [-0.2, -0.15) is 0 Å². The number of hydroxylamine groups is 1. The van der Waals surface area contributed by atoms with Crippen LogP contribution in [0.15, 0.2) is 18.2 Å². The molecule has 1 aromatic rings. The lowest BCUT2D eigenvalue weighted by molar-refractivity contribution is 0.0529. The van der Waals surface area contributed by atoms with E-state index >= 15 is 0 Å². The van der Waals surface area contributed by atoms with Gasteiger partial charge < -0.3 is 9.94 Å². The highest BCUT2D eigenvalue weighted by molar-refractivity contribution is 6.30. The Bertz CT molecular complexity index is 290. The molecule has 0 fully saturated rings. The fourth-order valence-corrected chi connectivity index (χ4v) is 1.19. The van der Waals surface area contributed by atoms with E-state index in [-0.39, 0.29) is 0 Å². The van der Waals surface area contributed by atoms with Gasteiger partial charge in [0.05, 0.1) is 0 Å². The molecule has 11 heavy (non-hydrogen) atoms. The smallest absolute Gasteiger partial charge is 0.166 e. The van der Waals surface area contributed by atoms with Crippen LogP contribution >= 0.6 is 11.6 Å². The van der Waals surface area contributed by atoms with E-state index in [1.807, 2.05) is 0 Å². The van der Waals surface area contributed by atoms with Crippen molar-refractivity contribution in [2.75, 3.05) is 0 Å². The van der Waals surface area contributed by atoms with Gasteiger partial charge in [-0.05, 0) is 18.2 Å². The molecule has 2 N–H and O–H groups in total. The molecular formula is C7H6ClNO2. The van der Waals surface area contributed by atoms with E-state index in [9.17, 15) is 5.11 Å². The molecule has 0 bridgehead atoms. The Kier molecular flexibility index (Phi) is 1.49. The number of rotatable bonds is 0. The van der Waals surface area contributed by atoms with Crippen LogP contribution in [0.1, 0.15) is 11.8 Å². The van der Waals surface area contributed by atoms with Gasteiger partial charge >= 0.3 is 0 Å². The van der Waals surface area contributed by atoms with Gasteiger partial charge in [-0.25, -0.2) is 0 Å². The van der Waals surface area contributed by atoms with E-state index in [0.717, 1.165) is 0 Å². The predicted octanol–water partition coefficient (Wildman–Crippen LogP) is 1.23. The summed E-state index contributed by atoms with van der Waals surface area (Å²) in [5, 5.41) is 9.80. The highest BCUT2D eigenvalue weighted by atomic mass is 35.5. The van der Waals surface area contributed by atoms with E-state index in [0.29, 0.717) is 16.3 Å². The molecule has 1 aliphatic heterocycles. The second-order valence-corrected chi connectivity index (χ2v) is 2.74. The maximum absolute atomic E-state index is 9.21. The topological polar surface area (TPSA) is 41.5 Å². The first-order valence-corrected chi connectivity index (χ1v) is 3.55. The zero-order valence-corrected chi connectivity index (χ0v) is 6.30.